The van der Waals surface area contributed by atoms with E-state index in [-0.39, 0.29) is 22.0 Å². The van der Waals surface area contributed by atoms with Crippen LogP contribution in [-0.4, -0.2) is 37.9 Å². The maximum absolute atomic E-state index is 13.6. The molecular formula is C19H21ClFN3O4S. The minimum Gasteiger partial charge on any atom is -0.504 e. The highest BCUT2D eigenvalue weighted by atomic mass is 35.5. The number of urea groups is 1. The lowest BCUT2D eigenvalue weighted by Crippen LogP contribution is -2.36. The maximum atomic E-state index is 13.6. The molecule has 1 aliphatic rings. The zero-order valence-corrected chi connectivity index (χ0v) is 17.2. The number of aromatic hydroxyl groups is 1. The summed E-state index contributed by atoms with van der Waals surface area (Å²) in [5.74, 6) is -1.10. The Balaban J connectivity index is 1.87. The number of phenolic OH excluding ortho intramolecular Hbond substituents is 1. The second-order valence-electron chi connectivity index (χ2n) is 6.76. The monoisotopic (exact) mass is 441 g/mol. The minimum atomic E-state index is -3.90. The van der Waals surface area contributed by atoms with Crippen molar-refractivity contribution in [3.8, 4) is 5.75 Å². The van der Waals surface area contributed by atoms with Gasteiger partial charge in [-0.3, -0.25) is 0 Å². The van der Waals surface area contributed by atoms with Gasteiger partial charge in [0.1, 0.15) is 10.7 Å². The van der Waals surface area contributed by atoms with E-state index in [9.17, 15) is 22.7 Å². The average Bonchev–Trinajstić information content (AvgIpc) is 2.68. The predicted octanol–water partition coefficient (Wildman–Crippen LogP) is 3.66. The Morgan fingerprint density at radius 3 is 2.52 bits per heavy atom. The Morgan fingerprint density at radius 2 is 1.83 bits per heavy atom. The summed E-state index contributed by atoms with van der Waals surface area (Å²) in [4.78, 5) is 11.9. The van der Waals surface area contributed by atoms with E-state index >= 15 is 0 Å². The van der Waals surface area contributed by atoms with Crippen LogP contribution >= 0.6 is 11.6 Å². The van der Waals surface area contributed by atoms with Crippen LogP contribution in [0.15, 0.2) is 35.2 Å². The maximum Gasteiger partial charge on any atom is 0.323 e. The smallest absolute Gasteiger partial charge is 0.323 e. The molecule has 0 atom stereocenters. The summed E-state index contributed by atoms with van der Waals surface area (Å²) >= 11 is 6.08. The number of carbonyl (C=O) groups excluding carboxylic acids is 1. The molecule has 0 radical (unpaired) electrons. The van der Waals surface area contributed by atoms with Crippen molar-refractivity contribution in [1.82, 2.24) is 5.32 Å². The lowest BCUT2D eigenvalue weighted by Gasteiger charge is -2.24. The van der Waals surface area contributed by atoms with Crippen LogP contribution in [0.4, 0.5) is 20.6 Å². The molecule has 1 heterocycles. The van der Waals surface area contributed by atoms with E-state index < -0.39 is 37.6 Å². The third-order valence-corrected chi connectivity index (χ3v) is 7.62. The summed E-state index contributed by atoms with van der Waals surface area (Å²) in [7, 11) is -3.90. The van der Waals surface area contributed by atoms with Crippen molar-refractivity contribution < 1.29 is 22.7 Å². The topological polar surface area (TPSA) is 108 Å². The molecule has 0 saturated carbocycles. The molecule has 1 saturated heterocycles. The highest BCUT2D eigenvalue weighted by molar-refractivity contribution is 7.92. The Morgan fingerprint density at radius 1 is 1.17 bits per heavy atom. The zero-order valence-electron chi connectivity index (χ0n) is 15.6. The van der Waals surface area contributed by atoms with Crippen molar-refractivity contribution in [3.63, 3.8) is 0 Å². The number of carbonyl (C=O) groups is 1. The predicted molar refractivity (Wildman–Crippen MR) is 110 cm³/mol. The number of hydrogen-bond donors (Lipinski definition) is 4. The van der Waals surface area contributed by atoms with Gasteiger partial charge in [-0.15, -0.1) is 0 Å². The van der Waals surface area contributed by atoms with Crippen LogP contribution in [0.5, 0.6) is 5.75 Å². The summed E-state index contributed by atoms with van der Waals surface area (Å²) in [6, 6.07) is 6.08. The SMILES string of the molecule is Cc1c(F)cccc1NC(=O)Nc1ccc(Cl)c(S(=O)(=O)C2CCNCC2)c1O. The van der Waals surface area contributed by atoms with E-state index in [0.717, 1.165) is 0 Å². The molecule has 2 amide bonds. The van der Waals surface area contributed by atoms with Crippen molar-refractivity contribution in [1.29, 1.82) is 0 Å². The highest BCUT2D eigenvalue weighted by Gasteiger charge is 2.34. The third-order valence-electron chi connectivity index (χ3n) is 4.86. The van der Waals surface area contributed by atoms with Crippen molar-refractivity contribution in [2.24, 2.45) is 0 Å². The van der Waals surface area contributed by atoms with Gasteiger partial charge in [-0.1, -0.05) is 17.7 Å². The number of amides is 2. The van der Waals surface area contributed by atoms with Crippen LogP contribution in [0.25, 0.3) is 0 Å². The number of phenols is 1. The minimum absolute atomic E-state index is 0.117. The fourth-order valence-electron chi connectivity index (χ4n) is 3.21. The van der Waals surface area contributed by atoms with Gasteiger partial charge in [0, 0.05) is 11.3 Å². The first-order valence-electron chi connectivity index (χ1n) is 9.01. The van der Waals surface area contributed by atoms with Crippen LogP contribution in [0.1, 0.15) is 18.4 Å². The van der Waals surface area contributed by atoms with Crippen molar-refractivity contribution >= 4 is 38.8 Å². The van der Waals surface area contributed by atoms with E-state index in [0.29, 0.717) is 25.9 Å². The standard InChI is InChI=1S/C19H21ClFN3O4S/c1-11-14(21)3-2-4-15(11)23-19(26)24-16-6-5-13(20)18(17(16)25)29(27,28)12-7-9-22-10-8-12/h2-6,12,22,25H,7-10H2,1H3,(H2,23,24,26). The first-order chi connectivity index (χ1) is 13.7. The number of nitrogens with one attached hydrogen (secondary N) is 3. The van der Waals surface area contributed by atoms with Gasteiger partial charge in [0.25, 0.3) is 0 Å². The summed E-state index contributed by atoms with van der Waals surface area (Å²) in [6.07, 6.45) is 0.796. The van der Waals surface area contributed by atoms with E-state index in [1.54, 1.807) is 0 Å². The molecule has 0 aliphatic carbocycles. The molecule has 2 aromatic carbocycles. The van der Waals surface area contributed by atoms with Gasteiger partial charge in [0.15, 0.2) is 15.6 Å². The van der Waals surface area contributed by atoms with Crippen LogP contribution in [0.2, 0.25) is 5.02 Å². The molecule has 10 heteroatoms. The number of anilines is 2. The van der Waals surface area contributed by atoms with Crippen molar-refractivity contribution in [2.45, 2.75) is 29.9 Å². The van der Waals surface area contributed by atoms with Gasteiger partial charge in [0.05, 0.1) is 16.0 Å². The van der Waals surface area contributed by atoms with Crippen LogP contribution in [0.3, 0.4) is 0 Å². The number of piperidine rings is 1. The number of rotatable bonds is 4. The summed E-state index contributed by atoms with van der Waals surface area (Å²) in [6.45, 7) is 2.61. The Labute approximate surface area is 173 Å². The molecule has 2 aromatic rings. The molecule has 4 N–H and O–H groups in total. The van der Waals surface area contributed by atoms with Crippen LogP contribution in [0, 0.1) is 12.7 Å². The van der Waals surface area contributed by atoms with Crippen LogP contribution in [-0.2, 0) is 9.84 Å². The quantitative estimate of drug-likeness (QED) is 0.541. The fraction of sp³-hybridized carbons (Fsp3) is 0.316. The summed E-state index contributed by atoms with van der Waals surface area (Å²) in [5, 5.41) is 17.7. The average molecular weight is 442 g/mol. The van der Waals surface area contributed by atoms with Gasteiger partial charge in [0.2, 0.25) is 0 Å². The second-order valence-corrected chi connectivity index (χ2v) is 9.33. The Hall–Kier alpha value is -2.36. The van der Waals surface area contributed by atoms with Gasteiger partial charge < -0.3 is 21.1 Å². The van der Waals surface area contributed by atoms with Gasteiger partial charge >= 0.3 is 6.03 Å². The number of benzene rings is 2. The first-order valence-corrected chi connectivity index (χ1v) is 10.9. The summed E-state index contributed by atoms with van der Waals surface area (Å²) in [5.41, 5.74) is 0.379. The fourth-order valence-corrected chi connectivity index (χ4v) is 5.59. The lowest BCUT2D eigenvalue weighted by molar-refractivity contribution is 0.262. The summed E-state index contributed by atoms with van der Waals surface area (Å²) < 4.78 is 39.6. The van der Waals surface area contributed by atoms with E-state index in [4.69, 9.17) is 11.6 Å². The van der Waals surface area contributed by atoms with Crippen molar-refractivity contribution in [2.75, 3.05) is 23.7 Å². The molecule has 1 fully saturated rings. The van der Waals surface area contributed by atoms with E-state index in [1.807, 2.05) is 0 Å². The molecular weight excluding hydrogens is 421 g/mol. The van der Waals surface area contributed by atoms with E-state index in [1.165, 1.54) is 37.3 Å². The second kappa shape index (κ2) is 8.56. The van der Waals surface area contributed by atoms with E-state index in [2.05, 4.69) is 16.0 Å². The van der Waals surface area contributed by atoms with Crippen LogP contribution < -0.4 is 16.0 Å². The lowest BCUT2D eigenvalue weighted by atomic mass is 10.2. The highest BCUT2D eigenvalue weighted by Crippen LogP contribution is 2.40. The molecule has 0 aromatic heterocycles. The zero-order chi connectivity index (χ0) is 21.2. The van der Waals surface area contributed by atoms with Crippen molar-refractivity contribution in [3.05, 3.63) is 46.7 Å². The molecule has 0 unspecified atom stereocenters. The Kier molecular flexibility index (Phi) is 6.30. The molecule has 1 aliphatic heterocycles. The normalized spacial score (nSPS) is 15.1. The first kappa shape index (κ1) is 21.4. The number of hydrogen-bond acceptors (Lipinski definition) is 5. The molecule has 156 valence electrons. The number of halogens is 2. The molecule has 3 rings (SSSR count). The molecule has 29 heavy (non-hydrogen) atoms. The third kappa shape index (κ3) is 4.47. The van der Waals surface area contributed by atoms with Gasteiger partial charge in [-0.2, -0.15) is 0 Å². The van der Waals surface area contributed by atoms with Gasteiger partial charge in [-0.05, 0) is 57.1 Å². The molecule has 7 nitrogen and oxygen atoms in total. The molecule has 0 spiro atoms. The van der Waals surface area contributed by atoms with Gasteiger partial charge in [-0.25, -0.2) is 17.6 Å². The molecule has 0 bridgehead atoms. The Bertz CT molecular complexity index is 1040. The number of sulfone groups is 1. The largest absolute Gasteiger partial charge is 0.504 e.